The second-order valence-corrected chi connectivity index (χ2v) is 11.7. The molecule has 1 unspecified atom stereocenters. The maximum absolute atomic E-state index is 14.2. The quantitative estimate of drug-likeness (QED) is 0.319. The summed E-state index contributed by atoms with van der Waals surface area (Å²) in [7, 11) is -0.502. The Morgan fingerprint density at radius 1 is 1.18 bits per heavy atom. The number of ether oxygens (including phenoxy) is 1. The molecule has 0 radical (unpaired) electrons. The van der Waals surface area contributed by atoms with E-state index in [1.807, 2.05) is 0 Å². The Bertz CT molecular complexity index is 1660. The van der Waals surface area contributed by atoms with Gasteiger partial charge in [-0.05, 0) is 60.4 Å². The zero-order valence-corrected chi connectivity index (χ0v) is 22.3. The van der Waals surface area contributed by atoms with Crippen molar-refractivity contribution in [2.75, 3.05) is 25.2 Å². The minimum Gasteiger partial charge on any atom is -0.494 e. The molecule has 1 aromatic heterocycles. The number of hydrogen-bond acceptors (Lipinski definition) is 8. The molecule has 1 aliphatic carbocycles. The molecule has 202 valence electrons. The molecule has 39 heavy (non-hydrogen) atoms. The number of anilines is 2. The van der Waals surface area contributed by atoms with Crippen molar-refractivity contribution in [1.82, 2.24) is 15.1 Å². The topological polar surface area (TPSA) is 128 Å². The standard InChI is InChI=1S/C28H28FN5O4S/c1-34(16-18-5-3-4-6-25(18)39(36,37)21-9-10-21)28(35)26(17-7-12-23(29)24(14-17)38-2)32-20-8-11-22-19(13-20)15-31-33-27(22)30/h3-8,11-15,21,26,32H,9-10,16H2,1-2H3,(H2,30,33). The van der Waals surface area contributed by atoms with Crippen LogP contribution >= 0.6 is 0 Å². The highest BCUT2D eigenvalue weighted by molar-refractivity contribution is 7.92. The molecule has 1 saturated carbocycles. The monoisotopic (exact) mass is 549 g/mol. The number of carbonyl (C=O) groups excluding carboxylic acids is 1. The summed E-state index contributed by atoms with van der Waals surface area (Å²) in [6.07, 6.45) is 2.86. The van der Waals surface area contributed by atoms with Crippen molar-refractivity contribution < 1.29 is 22.3 Å². The summed E-state index contributed by atoms with van der Waals surface area (Å²) in [5.74, 6) is -0.624. The number of aromatic nitrogens is 2. The summed E-state index contributed by atoms with van der Waals surface area (Å²) in [6, 6.07) is 15.4. The van der Waals surface area contributed by atoms with Gasteiger partial charge in [0.1, 0.15) is 6.04 Å². The van der Waals surface area contributed by atoms with Crippen molar-refractivity contribution in [3.05, 3.63) is 83.8 Å². The van der Waals surface area contributed by atoms with Gasteiger partial charge in [-0.1, -0.05) is 24.3 Å². The Kier molecular flexibility index (Phi) is 7.09. The molecule has 11 heteroatoms. The average Bonchev–Trinajstić information content (AvgIpc) is 3.79. The molecule has 1 aliphatic rings. The first-order valence-electron chi connectivity index (χ1n) is 12.4. The van der Waals surface area contributed by atoms with Gasteiger partial charge in [0.15, 0.2) is 27.2 Å². The minimum atomic E-state index is -3.46. The van der Waals surface area contributed by atoms with Gasteiger partial charge in [-0.25, -0.2) is 12.8 Å². The molecule has 1 fully saturated rings. The Hall–Kier alpha value is -4.25. The molecule has 0 saturated heterocycles. The third-order valence-corrected chi connectivity index (χ3v) is 9.14. The summed E-state index contributed by atoms with van der Waals surface area (Å²) in [6.45, 7) is 0.0707. The number of sulfone groups is 1. The third-order valence-electron chi connectivity index (χ3n) is 6.78. The number of halogens is 1. The first kappa shape index (κ1) is 26.4. The first-order valence-corrected chi connectivity index (χ1v) is 13.9. The lowest BCUT2D eigenvalue weighted by molar-refractivity contribution is -0.131. The Balaban J connectivity index is 1.48. The van der Waals surface area contributed by atoms with Crippen LogP contribution in [0.1, 0.15) is 30.0 Å². The first-order chi connectivity index (χ1) is 18.7. The van der Waals surface area contributed by atoms with Crippen LogP contribution in [0.4, 0.5) is 15.9 Å². The Labute approximate surface area is 225 Å². The molecular weight excluding hydrogens is 521 g/mol. The summed E-state index contributed by atoms with van der Waals surface area (Å²) in [5, 5.41) is 12.1. The van der Waals surface area contributed by atoms with Gasteiger partial charge < -0.3 is 20.7 Å². The number of benzene rings is 3. The fourth-order valence-electron chi connectivity index (χ4n) is 4.53. The predicted octanol–water partition coefficient (Wildman–Crippen LogP) is 4.11. The van der Waals surface area contributed by atoms with Crippen LogP contribution in [0.15, 0.2) is 71.8 Å². The fraction of sp³-hybridized carbons (Fsp3) is 0.250. The molecule has 9 nitrogen and oxygen atoms in total. The highest BCUT2D eigenvalue weighted by atomic mass is 32.2. The van der Waals surface area contributed by atoms with E-state index in [1.165, 1.54) is 30.2 Å². The highest BCUT2D eigenvalue weighted by Crippen LogP contribution is 2.35. The van der Waals surface area contributed by atoms with Gasteiger partial charge in [0, 0.05) is 30.1 Å². The molecule has 1 heterocycles. The van der Waals surface area contributed by atoms with E-state index in [2.05, 4.69) is 15.5 Å². The zero-order chi connectivity index (χ0) is 27.7. The van der Waals surface area contributed by atoms with Crippen molar-refractivity contribution in [1.29, 1.82) is 0 Å². The molecule has 5 rings (SSSR count). The van der Waals surface area contributed by atoms with Crippen LogP contribution in [-0.4, -0.2) is 48.8 Å². The smallest absolute Gasteiger partial charge is 0.249 e. The Morgan fingerprint density at radius 3 is 2.69 bits per heavy atom. The van der Waals surface area contributed by atoms with E-state index in [9.17, 15) is 17.6 Å². The lowest BCUT2D eigenvalue weighted by Gasteiger charge is -2.27. The number of methoxy groups -OCH3 is 1. The normalized spacial score (nSPS) is 14.1. The van der Waals surface area contributed by atoms with Crippen molar-refractivity contribution >= 4 is 38.0 Å². The van der Waals surface area contributed by atoms with Crippen molar-refractivity contribution in [2.24, 2.45) is 0 Å². The molecule has 3 aromatic carbocycles. The molecule has 0 bridgehead atoms. The number of nitrogen functional groups attached to an aromatic ring is 1. The second kappa shape index (κ2) is 10.5. The van der Waals surface area contributed by atoms with E-state index in [1.54, 1.807) is 55.7 Å². The van der Waals surface area contributed by atoms with Gasteiger partial charge in [0.05, 0.1) is 23.5 Å². The maximum atomic E-state index is 14.2. The summed E-state index contributed by atoms with van der Waals surface area (Å²) in [4.78, 5) is 15.6. The van der Waals surface area contributed by atoms with E-state index >= 15 is 0 Å². The number of carbonyl (C=O) groups is 1. The van der Waals surface area contributed by atoms with E-state index < -0.39 is 21.7 Å². The van der Waals surface area contributed by atoms with Crippen LogP contribution in [0.5, 0.6) is 5.75 Å². The van der Waals surface area contributed by atoms with Crippen LogP contribution in [0.25, 0.3) is 10.8 Å². The van der Waals surface area contributed by atoms with E-state index in [4.69, 9.17) is 10.5 Å². The molecule has 0 spiro atoms. The van der Waals surface area contributed by atoms with Crippen molar-refractivity contribution in [3.8, 4) is 5.75 Å². The van der Waals surface area contributed by atoms with Crippen molar-refractivity contribution in [3.63, 3.8) is 0 Å². The predicted molar refractivity (Wildman–Crippen MR) is 146 cm³/mol. The largest absolute Gasteiger partial charge is 0.494 e. The Morgan fingerprint density at radius 2 is 1.95 bits per heavy atom. The van der Waals surface area contributed by atoms with Crippen molar-refractivity contribution in [2.45, 2.75) is 35.6 Å². The third kappa shape index (κ3) is 5.35. The van der Waals surface area contributed by atoms with Crippen LogP contribution in [-0.2, 0) is 21.2 Å². The molecular formula is C28H28FN5O4S. The van der Waals surface area contributed by atoms with Gasteiger partial charge in [-0.15, -0.1) is 5.10 Å². The molecule has 0 aliphatic heterocycles. The van der Waals surface area contributed by atoms with Crippen LogP contribution in [0, 0.1) is 5.82 Å². The van der Waals surface area contributed by atoms with E-state index in [0.29, 0.717) is 35.0 Å². The number of rotatable bonds is 9. The lowest BCUT2D eigenvalue weighted by atomic mass is 10.0. The summed E-state index contributed by atoms with van der Waals surface area (Å²) in [5.41, 5.74) is 7.53. The van der Waals surface area contributed by atoms with Crippen LogP contribution < -0.4 is 15.8 Å². The second-order valence-electron chi connectivity index (χ2n) is 9.55. The average molecular weight is 550 g/mol. The summed E-state index contributed by atoms with van der Waals surface area (Å²) < 4.78 is 45.4. The molecule has 1 amide bonds. The van der Waals surface area contributed by atoms with E-state index in [0.717, 1.165) is 5.39 Å². The van der Waals surface area contributed by atoms with E-state index in [-0.39, 0.29) is 34.2 Å². The molecule has 4 aromatic rings. The maximum Gasteiger partial charge on any atom is 0.249 e. The van der Waals surface area contributed by atoms with Crippen LogP contribution in [0.3, 0.4) is 0 Å². The van der Waals surface area contributed by atoms with Gasteiger partial charge in [-0.2, -0.15) is 5.10 Å². The number of nitrogens with one attached hydrogen (secondary N) is 1. The van der Waals surface area contributed by atoms with Gasteiger partial charge in [0.25, 0.3) is 0 Å². The number of nitrogens with two attached hydrogens (primary N) is 1. The van der Waals surface area contributed by atoms with Crippen LogP contribution in [0.2, 0.25) is 0 Å². The number of nitrogens with zero attached hydrogens (tertiary/aromatic N) is 3. The molecule has 1 atom stereocenters. The minimum absolute atomic E-state index is 0.00261. The van der Waals surface area contributed by atoms with Gasteiger partial charge in [0.2, 0.25) is 5.91 Å². The number of likely N-dealkylation sites (N-methyl/N-ethyl adjacent to an activating group) is 1. The highest BCUT2D eigenvalue weighted by Gasteiger charge is 2.38. The number of amides is 1. The number of fused-ring (bicyclic) bond motifs is 1. The van der Waals surface area contributed by atoms with Gasteiger partial charge >= 0.3 is 0 Å². The lowest BCUT2D eigenvalue weighted by Crippen LogP contribution is -2.35. The zero-order valence-electron chi connectivity index (χ0n) is 21.5. The molecule has 3 N–H and O–H groups in total. The fourth-order valence-corrected chi connectivity index (χ4v) is 6.42. The van der Waals surface area contributed by atoms with Gasteiger partial charge in [-0.3, -0.25) is 4.79 Å². The number of hydrogen-bond donors (Lipinski definition) is 2. The SMILES string of the molecule is COc1cc(C(Nc2ccc3c(N)nncc3c2)C(=O)N(C)Cc2ccccc2S(=O)(=O)C2CC2)ccc1F. The summed E-state index contributed by atoms with van der Waals surface area (Å²) >= 11 is 0.